The quantitative estimate of drug-likeness (QED) is 0.893. The van der Waals surface area contributed by atoms with Crippen LogP contribution >= 0.6 is 0 Å². The van der Waals surface area contributed by atoms with Gasteiger partial charge in [0.2, 0.25) is 11.7 Å². The van der Waals surface area contributed by atoms with Gasteiger partial charge in [0.1, 0.15) is 0 Å². The van der Waals surface area contributed by atoms with Gasteiger partial charge in [-0.1, -0.05) is 12.1 Å². The molecule has 3 heterocycles. The van der Waals surface area contributed by atoms with E-state index in [2.05, 4.69) is 27.4 Å². The first-order valence-corrected chi connectivity index (χ1v) is 6.93. The van der Waals surface area contributed by atoms with Crippen LogP contribution in [0.5, 0.6) is 0 Å². The zero-order valence-corrected chi connectivity index (χ0v) is 11.5. The van der Waals surface area contributed by atoms with Crippen LogP contribution in [0.15, 0.2) is 29.0 Å². The highest BCUT2D eigenvalue weighted by molar-refractivity contribution is 5.51. The Morgan fingerprint density at radius 2 is 2.35 bits per heavy atom. The van der Waals surface area contributed by atoms with Crippen LogP contribution in [0.1, 0.15) is 25.2 Å². The molecule has 0 bridgehead atoms. The molecule has 6 heteroatoms. The standard InChI is InChI=1S/C14H18N4O2/c1-2-5-16-12-9-19-8-11(12)14-17-13(18-20-14)10-4-3-6-15-7-10/h3-4,6-7,11-12,16H,2,5,8-9H2,1H3. The van der Waals surface area contributed by atoms with Crippen molar-refractivity contribution in [1.29, 1.82) is 0 Å². The number of aromatic nitrogens is 3. The molecule has 2 unspecified atom stereocenters. The molecule has 1 aliphatic rings. The van der Waals surface area contributed by atoms with Gasteiger partial charge in [-0.3, -0.25) is 4.98 Å². The van der Waals surface area contributed by atoms with Crippen LogP contribution in [0.2, 0.25) is 0 Å². The average Bonchev–Trinajstić information content (AvgIpc) is 3.14. The van der Waals surface area contributed by atoms with E-state index in [0.717, 1.165) is 18.5 Å². The van der Waals surface area contributed by atoms with Crippen molar-refractivity contribution >= 4 is 0 Å². The van der Waals surface area contributed by atoms with E-state index in [-0.39, 0.29) is 12.0 Å². The SMILES string of the molecule is CCCNC1COCC1c1nc(-c2cccnc2)no1. The molecule has 2 atom stereocenters. The van der Waals surface area contributed by atoms with Gasteiger partial charge < -0.3 is 14.6 Å². The first kappa shape index (κ1) is 13.2. The molecule has 1 aliphatic heterocycles. The van der Waals surface area contributed by atoms with Crippen molar-refractivity contribution in [2.45, 2.75) is 25.3 Å². The molecule has 3 rings (SSSR count). The van der Waals surface area contributed by atoms with Gasteiger partial charge in [0, 0.05) is 24.0 Å². The van der Waals surface area contributed by atoms with Crippen molar-refractivity contribution in [3.63, 3.8) is 0 Å². The lowest BCUT2D eigenvalue weighted by Gasteiger charge is -2.14. The van der Waals surface area contributed by atoms with E-state index in [9.17, 15) is 0 Å². The minimum Gasteiger partial charge on any atom is -0.379 e. The second-order valence-corrected chi connectivity index (χ2v) is 4.90. The Balaban J connectivity index is 1.76. The molecule has 1 saturated heterocycles. The highest BCUT2D eigenvalue weighted by atomic mass is 16.5. The largest absolute Gasteiger partial charge is 0.379 e. The minimum atomic E-state index is 0.125. The number of nitrogens with zero attached hydrogens (tertiary/aromatic N) is 3. The Morgan fingerprint density at radius 3 is 3.15 bits per heavy atom. The lowest BCUT2D eigenvalue weighted by molar-refractivity contribution is 0.184. The molecule has 2 aromatic heterocycles. The zero-order chi connectivity index (χ0) is 13.8. The first-order valence-electron chi connectivity index (χ1n) is 6.93. The highest BCUT2D eigenvalue weighted by Gasteiger charge is 2.33. The molecule has 0 saturated carbocycles. The predicted octanol–water partition coefficient (Wildman–Crippen LogP) is 1.61. The molecule has 0 amide bonds. The van der Waals surface area contributed by atoms with E-state index in [1.807, 2.05) is 12.1 Å². The molecule has 0 radical (unpaired) electrons. The van der Waals surface area contributed by atoms with Gasteiger partial charge in [-0.05, 0) is 25.1 Å². The Kier molecular flexibility index (Phi) is 4.03. The number of pyridine rings is 1. The zero-order valence-electron chi connectivity index (χ0n) is 11.5. The summed E-state index contributed by atoms with van der Waals surface area (Å²) >= 11 is 0. The fraction of sp³-hybridized carbons (Fsp3) is 0.500. The lowest BCUT2D eigenvalue weighted by Crippen LogP contribution is -2.34. The van der Waals surface area contributed by atoms with Crippen LogP contribution in [-0.2, 0) is 4.74 Å². The highest BCUT2D eigenvalue weighted by Crippen LogP contribution is 2.26. The molecular weight excluding hydrogens is 256 g/mol. The summed E-state index contributed by atoms with van der Waals surface area (Å²) < 4.78 is 10.9. The van der Waals surface area contributed by atoms with Gasteiger partial charge in [0.25, 0.3) is 0 Å². The van der Waals surface area contributed by atoms with Crippen molar-refractivity contribution in [2.75, 3.05) is 19.8 Å². The third-order valence-electron chi connectivity index (χ3n) is 3.42. The summed E-state index contributed by atoms with van der Waals surface area (Å²) in [5, 5.41) is 7.50. The Hall–Kier alpha value is -1.79. The van der Waals surface area contributed by atoms with Gasteiger partial charge >= 0.3 is 0 Å². The molecule has 106 valence electrons. The molecule has 0 spiro atoms. The van der Waals surface area contributed by atoms with E-state index >= 15 is 0 Å². The molecular formula is C14H18N4O2. The van der Waals surface area contributed by atoms with Crippen LogP contribution in [0.3, 0.4) is 0 Å². The topological polar surface area (TPSA) is 73.1 Å². The van der Waals surface area contributed by atoms with Crippen LogP contribution in [0.25, 0.3) is 11.4 Å². The van der Waals surface area contributed by atoms with Gasteiger partial charge in [0.05, 0.1) is 19.1 Å². The fourth-order valence-corrected chi connectivity index (χ4v) is 2.33. The van der Waals surface area contributed by atoms with Crippen molar-refractivity contribution in [1.82, 2.24) is 20.4 Å². The first-order chi connectivity index (χ1) is 9.88. The minimum absolute atomic E-state index is 0.125. The summed E-state index contributed by atoms with van der Waals surface area (Å²) in [5.74, 6) is 1.34. The number of rotatable bonds is 5. The third-order valence-corrected chi connectivity index (χ3v) is 3.42. The van der Waals surface area contributed by atoms with Gasteiger partial charge in [-0.2, -0.15) is 4.98 Å². The summed E-state index contributed by atoms with van der Waals surface area (Å²) in [6.45, 7) is 4.42. The summed E-state index contributed by atoms with van der Waals surface area (Å²) in [4.78, 5) is 8.55. The van der Waals surface area contributed by atoms with Gasteiger partial charge in [-0.25, -0.2) is 0 Å². The van der Waals surface area contributed by atoms with Crippen molar-refractivity contribution in [3.05, 3.63) is 30.4 Å². The van der Waals surface area contributed by atoms with E-state index in [1.165, 1.54) is 0 Å². The van der Waals surface area contributed by atoms with Gasteiger partial charge in [0.15, 0.2) is 0 Å². The van der Waals surface area contributed by atoms with E-state index in [1.54, 1.807) is 12.4 Å². The number of nitrogens with one attached hydrogen (secondary N) is 1. The smallest absolute Gasteiger partial charge is 0.234 e. The normalized spacial score (nSPS) is 22.2. The Labute approximate surface area is 117 Å². The molecule has 2 aromatic rings. The monoisotopic (exact) mass is 274 g/mol. The number of ether oxygens (including phenoxy) is 1. The second-order valence-electron chi connectivity index (χ2n) is 4.90. The molecule has 1 N–H and O–H groups in total. The summed E-state index contributed by atoms with van der Waals surface area (Å²) in [7, 11) is 0. The van der Waals surface area contributed by atoms with E-state index in [4.69, 9.17) is 9.26 Å². The third kappa shape index (κ3) is 2.71. The average molecular weight is 274 g/mol. The Bertz CT molecular complexity index is 543. The van der Waals surface area contributed by atoms with Crippen molar-refractivity contribution in [2.24, 2.45) is 0 Å². The van der Waals surface area contributed by atoms with Gasteiger partial charge in [-0.15, -0.1) is 0 Å². The molecule has 0 aliphatic carbocycles. The summed E-state index contributed by atoms with van der Waals surface area (Å²) in [6, 6.07) is 4.02. The van der Waals surface area contributed by atoms with E-state index < -0.39 is 0 Å². The maximum atomic E-state index is 5.53. The molecule has 1 fully saturated rings. The summed E-state index contributed by atoms with van der Waals surface area (Å²) in [6.07, 6.45) is 4.54. The number of hydrogen-bond acceptors (Lipinski definition) is 6. The van der Waals surface area contributed by atoms with E-state index in [0.29, 0.717) is 24.9 Å². The van der Waals surface area contributed by atoms with Crippen molar-refractivity contribution < 1.29 is 9.26 Å². The lowest BCUT2D eigenvalue weighted by atomic mass is 10.0. The second kappa shape index (κ2) is 6.11. The fourth-order valence-electron chi connectivity index (χ4n) is 2.33. The maximum Gasteiger partial charge on any atom is 0.234 e. The molecule has 20 heavy (non-hydrogen) atoms. The van der Waals surface area contributed by atoms with Crippen LogP contribution in [0.4, 0.5) is 0 Å². The number of hydrogen-bond donors (Lipinski definition) is 1. The maximum absolute atomic E-state index is 5.53. The predicted molar refractivity (Wildman–Crippen MR) is 73.2 cm³/mol. The molecule has 0 aromatic carbocycles. The van der Waals surface area contributed by atoms with Crippen molar-refractivity contribution in [3.8, 4) is 11.4 Å². The molecule has 6 nitrogen and oxygen atoms in total. The van der Waals surface area contributed by atoms with Crippen LogP contribution in [-0.4, -0.2) is 40.9 Å². The summed E-state index contributed by atoms with van der Waals surface area (Å²) in [5.41, 5.74) is 0.861. The van der Waals surface area contributed by atoms with Crippen LogP contribution in [0, 0.1) is 0 Å². The van der Waals surface area contributed by atoms with Crippen LogP contribution < -0.4 is 5.32 Å². The Morgan fingerprint density at radius 1 is 1.40 bits per heavy atom.